The molecule has 3 heteroatoms. The topological polar surface area (TPSA) is 30.5 Å². The summed E-state index contributed by atoms with van der Waals surface area (Å²) in [7, 11) is 1.77. The molecule has 0 bridgehead atoms. The second-order valence-corrected chi connectivity index (χ2v) is 5.29. The van der Waals surface area contributed by atoms with Gasteiger partial charge in [0, 0.05) is 25.8 Å². The molecular weight excluding hydrogens is 238 g/mol. The molecule has 1 aliphatic carbocycles. The summed E-state index contributed by atoms with van der Waals surface area (Å²) in [5.74, 6) is 0. The van der Waals surface area contributed by atoms with Crippen LogP contribution in [0.15, 0.2) is 30.3 Å². The van der Waals surface area contributed by atoms with Crippen LogP contribution in [-0.2, 0) is 15.9 Å². The van der Waals surface area contributed by atoms with Crippen molar-refractivity contribution < 1.29 is 9.47 Å². The van der Waals surface area contributed by atoms with E-state index in [2.05, 4.69) is 42.6 Å². The van der Waals surface area contributed by atoms with E-state index in [1.165, 1.54) is 5.56 Å². The Morgan fingerprint density at radius 3 is 2.68 bits per heavy atom. The number of benzene rings is 1. The molecule has 1 aliphatic rings. The van der Waals surface area contributed by atoms with E-state index in [1.54, 1.807) is 7.11 Å². The molecule has 2 rings (SSSR count). The van der Waals surface area contributed by atoms with Crippen LogP contribution in [0.25, 0.3) is 0 Å². The summed E-state index contributed by atoms with van der Waals surface area (Å²) >= 11 is 0. The first kappa shape index (κ1) is 14.5. The zero-order chi connectivity index (χ0) is 13.7. The molecule has 0 radical (unpaired) electrons. The van der Waals surface area contributed by atoms with Crippen molar-refractivity contribution in [3.05, 3.63) is 35.9 Å². The molecule has 1 fully saturated rings. The Hall–Kier alpha value is -0.900. The summed E-state index contributed by atoms with van der Waals surface area (Å²) in [4.78, 5) is 0. The van der Waals surface area contributed by atoms with Crippen molar-refractivity contribution >= 4 is 0 Å². The molecule has 0 aromatic heterocycles. The third kappa shape index (κ3) is 3.78. The van der Waals surface area contributed by atoms with Crippen molar-refractivity contribution in [2.75, 3.05) is 13.7 Å². The van der Waals surface area contributed by atoms with Gasteiger partial charge in [0.1, 0.15) is 0 Å². The minimum Gasteiger partial charge on any atom is -0.377 e. The number of nitrogens with one attached hydrogen (secondary N) is 1. The summed E-state index contributed by atoms with van der Waals surface area (Å²) < 4.78 is 11.2. The predicted molar refractivity (Wildman–Crippen MR) is 77.4 cm³/mol. The molecule has 3 nitrogen and oxygen atoms in total. The highest BCUT2D eigenvalue weighted by Crippen LogP contribution is 2.27. The Morgan fingerprint density at radius 2 is 2.05 bits per heavy atom. The zero-order valence-corrected chi connectivity index (χ0v) is 12.1. The van der Waals surface area contributed by atoms with Crippen molar-refractivity contribution in [2.24, 2.45) is 0 Å². The third-order valence-corrected chi connectivity index (χ3v) is 3.79. The van der Waals surface area contributed by atoms with Crippen LogP contribution in [0, 0.1) is 0 Å². The average molecular weight is 263 g/mol. The van der Waals surface area contributed by atoms with Crippen LogP contribution < -0.4 is 5.32 Å². The van der Waals surface area contributed by atoms with Gasteiger partial charge < -0.3 is 14.8 Å². The number of hydrogen-bond acceptors (Lipinski definition) is 3. The van der Waals surface area contributed by atoms with Gasteiger partial charge in [-0.3, -0.25) is 0 Å². The highest BCUT2D eigenvalue weighted by molar-refractivity contribution is 5.16. The Kier molecular flexibility index (Phi) is 5.37. The van der Waals surface area contributed by atoms with E-state index in [0.29, 0.717) is 12.1 Å². The van der Waals surface area contributed by atoms with Crippen LogP contribution in [0.1, 0.15) is 25.8 Å². The van der Waals surface area contributed by atoms with Crippen molar-refractivity contribution in [3.8, 4) is 0 Å². The van der Waals surface area contributed by atoms with Crippen molar-refractivity contribution in [1.82, 2.24) is 5.32 Å². The fraction of sp³-hybridized carbons (Fsp3) is 0.625. The molecule has 1 saturated carbocycles. The van der Waals surface area contributed by atoms with E-state index >= 15 is 0 Å². The molecule has 0 heterocycles. The minimum atomic E-state index is 0.193. The maximum Gasteiger partial charge on any atom is 0.0986 e. The van der Waals surface area contributed by atoms with E-state index in [1.807, 2.05) is 6.92 Å². The van der Waals surface area contributed by atoms with E-state index < -0.39 is 0 Å². The lowest BCUT2D eigenvalue weighted by Gasteiger charge is -2.44. The molecule has 1 aromatic rings. The van der Waals surface area contributed by atoms with Crippen LogP contribution in [0.4, 0.5) is 0 Å². The monoisotopic (exact) mass is 263 g/mol. The zero-order valence-electron chi connectivity index (χ0n) is 12.1. The van der Waals surface area contributed by atoms with Crippen LogP contribution in [0.3, 0.4) is 0 Å². The summed E-state index contributed by atoms with van der Waals surface area (Å²) in [5.41, 5.74) is 1.37. The molecule has 19 heavy (non-hydrogen) atoms. The summed E-state index contributed by atoms with van der Waals surface area (Å²) in [6.07, 6.45) is 2.55. The van der Waals surface area contributed by atoms with Gasteiger partial charge in [-0.15, -0.1) is 0 Å². The van der Waals surface area contributed by atoms with Gasteiger partial charge in [0.15, 0.2) is 0 Å². The molecule has 4 atom stereocenters. The molecular formula is C16H25NO2. The molecule has 0 aliphatic heterocycles. The fourth-order valence-corrected chi connectivity index (χ4v) is 2.83. The normalized spacial score (nSPS) is 27.8. The Morgan fingerprint density at radius 1 is 1.32 bits per heavy atom. The lowest BCUT2D eigenvalue weighted by Crippen LogP contribution is -2.61. The van der Waals surface area contributed by atoms with Gasteiger partial charge >= 0.3 is 0 Å². The molecule has 1 aromatic carbocycles. The standard InChI is InChI=1S/C16H25NO2/c1-4-19-15-11-14(16(15)18-3)17-12(2)10-13-8-6-5-7-9-13/h5-9,12,14-17H,4,10-11H2,1-3H3. The van der Waals surface area contributed by atoms with Gasteiger partial charge in [0.2, 0.25) is 0 Å². The van der Waals surface area contributed by atoms with Crippen molar-refractivity contribution in [2.45, 2.75) is 51.0 Å². The van der Waals surface area contributed by atoms with Crippen molar-refractivity contribution in [3.63, 3.8) is 0 Å². The predicted octanol–water partition coefficient (Wildman–Crippen LogP) is 2.40. The second-order valence-electron chi connectivity index (χ2n) is 5.29. The molecule has 0 amide bonds. The number of hydrogen-bond donors (Lipinski definition) is 1. The van der Waals surface area contributed by atoms with Crippen LogP contribution in [-0.4, -0.2) is 38.0 Å². The number of rotatable bonds is 7. The van der Waals surface area contributed by atoms with E-state index in [-0.39, 0.29) is 12.2 Å². The Balaban J connectivity index is 1.78. The Bertz CT molecular complexity index is 368. The van der Waals surface area contributed by atoms with E-state index in [9.17, 15) is 0 Å². The quantitative estimate of drug-likeness (QED) is 0.819. The van der Waals surface area contributed by atoms with Gasteiger partial charge in [-0.2, -0.15) is 0 Å². The number of methoxy groups -OCH3 is 1. The smallest absolute Gasteiger partial charge is 0.0986 e. The number of ether oxygens (including phenoxy) is 2. The van der Waals surface area contributed by atoms with E-state index in [0.717, 1.165) is 19.4 Å². The van der Waals surface area contributed by atoms with Gasteiger partial charge in [0.25, 0.3) is 0 Å². The Labute approximate surface area is 116 Å². The van der Waals surface area contributed by atoms with Gasteiger partial charge in [-0.05, 0) is 32.3 Å². The summed E-state index contributed by atoms with van der Waals surface area (Å²) in [6.45, 7) is 5.02. The molecule has 0 spiro atoms. The fourth-order valence-electron chi connectivity index (χ4n) is 2.83. The van der Waals surface area contributed by atoms with Crippen LogP contribution >= 0.6 is 0 Å². The summed E-state index contributed by atoms with van der Waals surface area (Å²) in [6, 6.07) is 11.5. The third-order valence-electron chi connectivity index (χ3n) is 3.79. The van der Waals surface area contributed by atoms with Crippen LogP contribution in [0.5, 0.6) is 0 Å². The first-order chi connectivity index (χ1) is 9.24. The molecule has 1 N–H and O–H groups in total. The van der Waals surface area contributed by atoms with Crippen molar-refractivity contribution in [1.29, 1.82) is 0 Å². The van der Waals surface area contributed by atoms with Gasteiger partial charge in [-0.25, -0.2) is 0 Å². The minimum absolute atomic E-state index is 0.193. The van der Waals surface area contributed by atoms with Gasteiger partial charge in [0.05, 0.1) is 12.2 Å². The lowest BCUT2D eigenvalue weighted by atomic mass is 9.84. The first-order valence-corrected chi connectivity index (χ1v) is 7.19. The summed E-state index contributed by atoms with van der Waals surface area (Å²) in [5, 5.41) is 3.65. The maximum absolute atomic E-state index is 5.65. The molecule has 4 unspecified atom stereocenters. The van der Waals surface area contributed by atoms with Gasteiger partial charge in [-0.1, -0.05) is 30.3 Å². The van der Waals surface area contributed by atoms with Crippen LogP contribution in [0.2, 0.25) is 0 Å². The maximum atomic E-state index is 5.65. The average Bonchev–Trinajstić information content (AvgIpc) is 2.39. The highest BCUT2D eigenvalue weighted by atomic mass is 16.5. The highest BCUT2D eigenvalue weighted by Gasteiger charge is 2.42. The first-order valence-electron chi connectivity index (χ1n) is 7.19. The second kappa shape index (κ2) is 7.04. The largest absolute Gasteiger partial charge is 0.377 e. The molecule has 106 valence electrons. The molecule has 0 saturated heterocycles. The SMILES string of the molecule is CCOC1CC(NC(C)Cc2ccccc2)C1OC. The van der Waals surface area contributed by atoms with E-state index in [4.69, 9.17) is 9.47 Å². The lowest BCUT2D eigenvalue weighted by molar-refractivity contribution is -0.132.